The molecule has 16 heavy (non-hydrogen) atoms. The monoisotopic (exact) mass is 286 g/mol. The van der Waals surface area contributed by atoms with Gasteiger partial charge in [-0.05, 0) is 12.8 Å². The number of hydrogen-bond acceptors (Lipinski definition) is 1. The van der Waals surface area contributed by atoms with E-state index < -0.39 is 7.37 Å². The van der Waals surface area contributed by atoms with Crippen molar-refractivity contribution in [3.05, 3.63) is 0 Å². The molecule has 0 unspecified atom stereocenters. The van der Waals surface area contributed by atoms with Crippen molar-refractivity contribution in [3.8, 4) is 0 Å². The Hall–Kier alpha value is 0.722. The predicted molar refractivity (Wildman–Crippen MR) is 67.8 cm³/mol. The van der Waals surface area contributed by atoms with Crippen molar-refractivity contribution in [2.45, 2.75) is 65.2 Å². The number of rotatable bonds is 10. The van der Waals surface area contributed by atoms with Gasteiger partial charge in [0, 0.05) is 29.7 Å². The van der Waals surface area contributed by atoms with Gasteiger partial charge >= 0.3 is 0 Å². The second-order valence-electron chi connectivity index (χ2n) is 4.41. The van der Waals surface area contributed by atoms with E-state index in [1.165, 1.54) is 25.7 Å². The Morgan fingerprint density at radius 2 is 1.19 bits per heavy atom. The second-order valence-corrected chi connectivity index (χ2v) is 7.00. The van der Waals surface area contributed by atoms with Crippen LogP contribution in [0, 0.1) is 0 Å². The fourth-order valence-electron chi connectivity index (χ4n) is 1.68. The quantitative estimate of drug-likeness (QED) is 0.477. The van der Waals surface area contributed by atoms with Crippen molar-refractivity contribution in [3.63, 3.8) is 0 Å². The maximum atomic E-state index is 11.7. The minimum atomic E-state index is -2.77. The largest absolute Gasteiger partial charge is 0.344 e. The topological polar surface area (TPSA) is 37.3 Å². The molecule has 0 saturated heterocycles. The van der Waals surface area contributed by atoms with E-state index in [2.05, 4.69) is 13.8 Å². The molecule has 0 aliphatic carbocycles. The van der Waals surface area contributed by atoms with E-state index in [1.54, 1.807) is 0 Å². The van der Waals surface area contributed by atoms with Crippen LogP contribution in [0.1, 0.15) is 65.2 Å². The Bertz CT molecular complexity index is 170. The van der Waals surface area contributed by atoms with Crippen LogP contribution < -0.4 is 0 Å². The molecule has 0 aliphatic heterocycles. The minimum Gasteiger partial charge on any atom is -0.344 e. The molecular formula is C12H27CrO2P. The zero-order valence-electron chi connectivity index (χ0n) is 10.8. The molecule has 0 atom stereocenters. The molecule has 0 fully saturated rings. The van der Waals surface area contributed by atoms with E-state index in [9.17, 15) is 9.46 Å². The molecule has 0 heterocycles. The summed E-state index contributed by atoms with van der Waals surface area (Å²) < 4.78 is 11.7. The van der Waals surface area contributed by atoms with Crippen LogP contribution in [-0.2, 0) is 21.9 Å². The van der Waals surface area contributed by atoms with Gasteiger partial charge in [-0.3, -0.25) is 4.57 Å². The Balaban J connectivity index is 0. The zero-order chi connectivity index (χ0) is 11.6. The van der Waals surface area contributed by atoms with Gasteiger partial charge in [-0.15, -0.1) is 0 Å². The van der Waals surface area contributed by atoms with Crippen molar-refractivity contribution >= 4 is 7.37 Å². The van der Waals surface area contributed by atoms with Gasteiger partial charge in [0.15, 0.2) is 0 Å². The molecule has 0 aromatic heterocycles. The Morgan fingerprint density at radius 1 is 0.812 bits per heavy atom. The van der Waals surface area contributed by atoms with Gasteiger partial charge in [-0.2, -0.15) is 0 Å². The van der Waals surface area contributed by atoms with Crippen LogP contribution in [0.2, 0.25) is 0 Å². The Labute approximate surface area is 112 Å². The fourth-order valence-corrected chi connectivity index (χ4v) is 3.34. The molecule has 4 heteroatoms. The summed E-state index contributed by atoms with van der Waals surface area (Å²) >= 11 is 0. The molecule has 2 nitrogen and oxygen atoms in total. The van der Waals surface area contributed by atoms with Gasteiger partial charge in [0.25, 0.3) is 0 Å². The molecule has 0 radical (unpaired) electrons. The van der Waals surface area contributed by atoms with Crippen LogP contribution in [0.5, 0.6) is 0 Å². The van der Waals surface area contributed by atoms with Crippen molar-refractivity contribution < 1.29 is 26.8 Å². The molecule has 0 rings (SSSR count). The second kappa shape index (κ2) is 12.2. The Kier molecular flexibility index (Phi) is 14.5. The molecule has 0 bridgehead atoms. The van der Waals surface area contributed by atoms with Crippen LogP contribution in [0.3, 0.4) is 0 Å². The average Bonchev–Trinajstić information content (AvgIpc) is 2.20. The van der Waals surface area contributed by atoms with Gasteiger partial charge in [0.1, 0.15) is 0 Å². The molecule has 0 aromatic carbocycles. The number of hydrogen-bond donors (Lipinski definition) is 1. The van der Waals surface area contributed by atoms with E-state index in [1.807, 2.05) is 0 Å². The first-order valence-electron chi connectivity index (χ1n) is 6.43. The third-order valence-corrected chi connectivity index (χ3v) is 4.75. The summed E-state index contributed by atoms with van der Waals surface area (Å²) in [6.45, 7) is 4.31. The summed E-state index contributed by atoms with van der Waals surface area (Å²) in [6.07, 6.45) is 9.90. The summed E-state index contributed by atoms with van der Waals surface area (Å²) in [7, 11) is -2.77. The predicted octanol–water partition coefficient (Wildman–Crippen LogP) is 4.41. The minimum absolute atomic E-state index is 0. The van der Waals surface area contributed by atoms with E-state index in [4.69, 9.17) is 0 Å². The summed E-state index contributed by atoms with van der Waals surface area (Å²) in [4.78, 5) is 9.67. The van der Waals surface area contributed by atoms with Gasteiger partial charge < -0.3 is 4.89 Å². The van der Waals surface area contributed by atoms with E-state index in [-0.39, 0.29) is 17.4 Å². The summed E-state index contributed by atoms with van der Waals surface area (Å²) in [5.41, 5.74) is 0. The molecule has 0 aliphatic rings. The summed E-state index contributed by atoms with van der Waals surface area (Å²) in [6, 6.07) is 0. The molecule has 1 N–H and O–H groups in total. The molecule has 0 aromatic rings. The van der Waals surface area contributed by atoms with Crippen LogP contribution >= 0.6 is 7.37 Å². The van der Waals surface area contributed by atoms with E-state index in [0.717, 1.165) is 25.7 Å². The first-order valence-corrected chi connectivity index (χ1v) is 8.46. The SMILES string of the molecule is CCCCCCP(=O)(O)CCCCCC.[Cr]. The third-order valence-electron chi connectivity index (χ3n) is 2.72. The molecule has 98 valence electrons. The average molecular weight is 286 g/mol. The molecule has 0 spiro atoms. The zero-order valence-corrected chi connectivity index (χ0v) is 13.0. The standard InChI is InChI=1S/C12H27O2P.Cr/c1-3-5-7-9-11-15(13,14)12-10-8-6-4-2;/h3-12H2,1-2H3,(H,13,14);. The normalized spacial score (nSPS) is 11.2. The molecule has 0 saturated carbocycles. The summed E-state index contributed by atoms with van der Waals surface area (Å²) in [5, 5.41) is 0. The van der Waals surface area contributed by atoms with Crippen molar-refractivity contribution in [1.82, 2.24) is 0 Å². The van der Waals surface area contributed by atoms with Crippen molar-refractivity contribution in [2.24, 2.45) is 0 Å². The number of unbranched alkanes of at least 4 members (excludes halogenated alkanes) is 6. The maximum absolute atomic E-state index is 11.7. The van der Waals surface area contributed by atoms with Gasteiger partial charge in [0.2, 0.25) is 7.37 Å². The van der Waals surface area contributed by atoms with Gasteiger partial charge in [-0.25, -0.2) is 0 Å². The molecule has 0 amide bonds. The van der Waals surface area contributed by atoms with Crippen molar-refractivity contribution in [2.75, 3.05) is 12.3 Å². The van der Waals surface area contributed by atoms with Crippen LogP contribution in [-0.4, -0.2) is 17.2 Å². The Morgan fingerprint density at radius 3 is 1.50 bits per heavy atom. The van der Waals surface area contributed by atoms with Crippen molar-refractivity contribution in [1.29, 1.82) is 0 Å². The van der Waals surface area contributed by atoms with Crippen LogP contribution in [0.25, 0.3) is 0 Å². The van der Waals surface area contributed by atoms with Crippen LogP contribution in [0.4, 0.5) is 0 Å². The summed E-state index contributed by atoms with van der Waals surface area (Å²) in [5.74, 6) is 0. The van der Waals surface area contributed by atoms with E-state index in [0.29, 0.717) is 12.3 Å². The fraction of sp³-hybridized carbons (Fsp3) is 1.00. The van der Waals surface area contributed by atoms with Gasteiger partial charge in [0.05, 0.1) is 0 Å². The van der Waals surface area contributed by atoms with Gasteiger partial charge in [-0.1, -0.05) is 52.4 Å². The smallest absolute Gasteiger partial charge is 0.200 e. The molecular weight excluding hydrogens is 259 g/mol. The third kappa shape index (κ3) is 12.8. The first kappa shape index (κ1) is 19.1. The maximum Gasteiger partial charge on any atom is 0.200 e. The first-order chi connectivity index (χ1) is 7.12. The van der Waals surface area contributed by atoms with E-state index >= 15 is 0 Å². The van der Waals surface area contributed by atoms with Crippen LogP contribution in [0.15, 0.2) is 0 Å².